The number of ether oxygens (including phenoxy) is 1. The summed E-state index contributed by atoms with van der Waals surface area (Å²) in [6.07, 6.45) is 6.31. The average Bonchev–Trinajstić information content (AvgIpc) is 3.57. The molecule has 0 bridgehead atoms. The van der Waals surface area contributed by atoms with Crippen molar-refractivity contribution in [2.24, 2.45) is 0 Å². The van der Waals surface area contributed by atoms with Gasteiger partial charge in [-0.1, -0.05) is 67.8 Å². The van der Waals surface area contributed by atoms with Crippen molar-refractivity contribution in [3.05, 3.63) is 132 Å². The van der Waals surface area contributed by atoms with Crippen LogP contribution in [0.25, 0.3) is 44.4 Å². The van der Waals surface area contributed by atoms with Crippen LogP contribution in [0.4, 0.5) is 0 Å². The quantitative estimate of drug-likeness (QED) is 0.156. The summed E-state index contributed by atoms with van der Waals surface area (Å²) >= 11 is 0. The molecule has 5 nitrogen and oxygen atoms in total. The van der Waals surface area contributed by atoms with Gasteiger partial charge < -0.3 is 4.74 Å². The Kier molecular flexibility index (Phi) is 6.77. The van der Waals surface area contributed by atoms with E-state index in [4.69, 9.17) is 18.9 Å². The number of fused-ring (bicyclic) bond motifs is 3. The molecule has 0 saturated carbocycles. The van der Waals surface area contributed by atoms with Gasteiger partial charge in [-0.05, 0) is 93.2 Å². The molecule has 0 aliphatic carbocycles. The Bertz CT molecular complexity index is 2250. The van der Waals surface area contributed by atoms with Crippen molar-refractivity contribution in [2.75, 3.05) is 0 Å². The Morgan fingerprint density at radius 2 is 1.64 bits per heavy atom. The van der Waals surface area contributed by atoms with Gasteiger partial charge in [0.15, 0.2) is 0 Å². The molecule has 7 aromatic rings. The van der Waals surface area contributed by atoms with Gasteiger partial charge in [0.2, 0.25) is 0 Å². The summed E-state index contributed by atoms with van der Waals surface area (Å²) in [5.74, 6) is 2.14. The first-order valence-electron chi connectivity index (χ1n) is 17.1. The standard InChI is InChI=1S/C40H38N4O/c1-5-6-8-12-30-21-22-41-39(24-30)43-37-20-17-27(2)23-36(37)35-19-18-34(26-38(35)43)45-33-16-11-15-32(25-33)44-29(4)40(28(3)42-44)31-13-9-7-10-14-31/h7,9-11,13-26H,5-6,8,12H2,1-4H3/i2D3. The first-order chi connectivity index (χ1) is 23.2. The average molecular weight is 594 g/mol. The van der Waals surface area contributed by atoms with Gasteiger partial charge in [0.25, 0.3) is 0 Å². The fourth-order valence-corrected chi connectivity index (χ4v) is 6.36. The van der Waals surface area contributed by atoms with Crippen LogP contribution in [-0.4, -0.2) is 19.3 Å². The minimum absolute atomic E-state index is 0.312. The molecule has 0 unspecified atom stereocenters. The van der Waals surface area contributed by atoms with Crippen LogP contribution in [0.2, 0.25) is 0 Å². The zero-order chi connectivity index (χ0) is 33.4. The van der Waals surface area contributed by atoms with Gasteiger partial charge in [0.05, 0.1) is 22.4 Å². The van der Waals surface area contributed by atoms with E-state index in [9.17, 15) is 0 Å². The largest absolute Gasteiger partial charge is 0.457 e. The highest BCUT2D eigenvalue weighted by Gasteiger charge is 2.17. The van der Waals surface area contributed by atoms with Gasteiger partial charge in [0, 0.05) is 44.5 Å². The second-order valence-electron chi connectivity index (χ2n) is 11.6. The van der Waals surface area contributed by atoms with E-state index in [1.165, 1.54) is 12.0 Å². The Morgan fingerprint density at radius 3 is 2.49 bits per heavy atom. The van der Waals surface area contributed by atoms with E-state index in [1.807, 2.05) is 84.5 Å². The predicted octanol–water partition coefficient (Wildman–Crippen LogP) is 10.5. The zero-order valence-corrected chi connectivity index (χ0v) is 25.9. The second-order valence-corrected chi connectivity index (χ2v) is 11.6. The third-order valence-electron chi connectivity index (χ3n) is 8.50. The van der Waals surface area contributed by atoms with Gasteiger partial charge in [0.1, 0.15) is 17.3 Å². The van der Waals surface area contributed by atoms with Crippen LogP contribution < -0.4 is 4.74 Å². The van der Waals surface area contributed by atoms with E-state index in [-0.39, 0.29) is 0 Å². The summed E-state index contributed by atoms with van der Waals surface area (Å²) in [5.41, 5.74) is 8.53. The summed E-state index contributed by atoms with van der Waals surface area (Å²) < 4.78 is 34.7. The normalized spacial score (nSPS) is 12.7. The molecule has 4 aromatic carbocycles. The zero-order valence-electron chi connectivity index (χ0n) is 28.9. The minimum Gasteiger partial charge on any atom is -0.457 e. The second kappa shape index (κ2) is 12.1. The summed E-state index contributed by atoms with van der Waals surface area (Å²) in [6.45, 7) is 4.13. The van der Waals surface area contributed by atoms with Crippen molar-refractivity contribution >= 4 is 21.8 Å². The van der Waals surface area contributed by atoms with Crippen LogP contribution in [0.5, 0.6) is 11.5 Å². The lowest BCUT2D eigenvalue weighted by molar-refractivity contribution is 0.483. The molecule has 0 amide bonds. The van der Waals surface area contributed by atoms with Crippen LogP contribution in [-0.2, 0) is 6.42 Å². The van der Waals surface area contributed by atoms with Crippen LogP contribution >= 0.6 is 0 Å². The number of hydrogen-bond donors (Lipinski definition) is 0. The summed E-state index contributed by atoms with van der Waals surface area (Å²) in [7, 11) is 0. The molecule has 0 N–H and O–H groups in total. The molecule has 0 aliphatic rings. The molecule has 0 saturated heterocycles. The maximum Gasteiger partial charge on any atom is 0.137 e. The van der Waals surface area contributed by atoms with Crippen LogP contribution in [0.3, 0.4) is 0 Å². The van der Waals surface area contributed by atoms with Gasteiger partial charge in [-0.25, -0.2) is 9.67 Å². The number of nitrogens with zero attached hydrogens (tertiary/aromatic N) is 4. The number of pyridine rings is 1. The Balaban J connectivity index is 1.29. The number of aryl methyl sites for hydroxylation is 3. The molecule has 0 radical (unpaired) electrons. The lowest BCUT2D eigenvalue weighted by Gasteiger charge is -2.11. The topological polar surface area (TPSA) is 44.9 Å². The fourth-order valence-electron chi connectivity index (χ4n) is 6.36. The van der Waals surface area contributed by atoms with Gasteiger partial charge in [-0.2, -0.15) is 5.10 Å². The lowest BCUT2D eigenvalue weighted by Crippen LogP contribution is -2.00. The fraction of sp³-hybridized carbons (Fsp3) is 0.200. The first-order valence-corrected chi connectivity index (χ1v) is 15.6. The number of benzene rings is 4. The molecule has 224 valence electrons. The molecule has 7 rings (SSSR count). The molecule has 0 aliphatic heterocycles. The number of aromatic nitrogens is 4. The number of rotatable bonds is 9. The molecule has 3 heterocycles. The molecule has 5 heteroatoms. The molecule has 3 aromatic heterocycles. The minimum atomic E-state index is -2.21. The molecule has 45 heavy (non-hydrogen) atoms. The van der Waals surface area contributed by atoms with E-state index in [0.717, 1.165) is 75.1 Å². The smallest absolute Gasteiger partial charge is 0.137 e. The van der Waals surface area contributed by atoms with Crippen molar-refractivity contribution in [1.82, 2.24) is 19.3 Å². The summed E-state index contributed by atoms with van der Waals surface area (Å²) in [4.78, 5) is 4.78. The van der Waals surface area contributed by atoms with E-state index in [1.54, 1.807) is 12.1 Å². The highest BCUT2D eigenvalue weighted by atomic mass is 16.5. The monoisotopic (exact) mass is 593 g/mol. The molecule has 0 spiro atoms. The van der Waals surface area contributed by atoms with Crippen LogP contribution in [0.1, 0.15) is 52.8 Å². The molecule has 0 fully saturated rings. The van der Waals surface area contributed by atoms with Crippen LogP contribution in [0, 0.1) is 20.7 Å². The van der Waals surface area contributed by atoms with Crippen molar-refractivity contribution < 1.29 is 8.85 Å². The Morgan fingerprint density at radius 1 is 0.778 bits per heavy atom. The maximum atomic E-state index is 8.03. The molecule has 0 atom stereocenters. The number of hydrogen-bond acceptors (Lipinski definition) is 3. The SMILES string of the molecule is [2H]C([2H])([2H])c1ccc2c(c1)c1ccc(Oc3cccc(-n4nc(C)c(-c5ccccc5)c4C)c3)cc1n2-c1cc(CCCCC)ccn1. The van der Waals surface area contributed by atoms with Crippen molar-refractivity contribution in [3.63, 3.8) is 0 Å². The predicted molar refractivity (Wildman–Crippen MR) is 185 cm³/mol. The van der Waals surface area contributed by atoms with Crippen LogP contribution in [0.15, 0.2) is 109 Å². The third-order valence-corrected chi connectivity index (χ3v) is 8.50. The van der Waals surface area contributed by atoms with E-state index < -0.39 is 6.85 Å². The highest BCUT2D eigenvalue weighted by Crippen LogP contribution is 2.36. The Hall–Kier alpha value is -5.16. The van der Waals surface area contributed by atoms with Crippen molar-refractivity contribution in [3.8, 4) is 34.1 Å². The van der Waals surface area contributed by atoms with Crippen molar-refractivity contribution in [1.29, 1.82) is 0 Å². The number of unbranched alkanes of at least 4 members (excludes halogenated alkanes) is 2. The molecular formula is C40H38N4O. The molecular weight excluding hydrogens is 552 g/mol. The first kappa shape index (κ1) is 25.2. The third kappa shape index (κ3) is 5.51. The van der Waals surface area contributed by atoms with Gasteiger partial charge in [-0.3, -0.25) is 4.57 Å². The summed E-state index contributed by atoms with van der Waals surface area (Å²) in [6, 6.07) is 33.8. The van der Waals surface area contributed by atoms with E-state index >= 15 is 0 Å². The Labute approximate surface area is 269 Å². The summed E-state index contributed by atoms with van der Waals surface area (Å²) in [5, 5.41) is 6.68. The van der Waals surface area contributed by atoms with Gasteiger partial charge in [-0.15, -0.1) is 0 Å². The van der Waals surface area contributed by atoms with Crippen molar-refractivity contribution in [2.45, 2.75) is 53.3 Å². The van der Waals surface area contributed by atoms with E-state index in [0.29, 0.717) is 17.1 Å². The highest BCUT2D eigenvalue weighted by molar-refractivity contribution is 6.09. The maximum absolute atomic E-state index is 8.03. The lowest BCUT2D eigenvalue weighted by atomic mass is 10.0. The van der Waals surface area contributed by atoms with E-state index in [2.05, 4.69) is 42.7 Å². The van der Waals surface area contributed by atoms with Gasteiger partial charge >= 0.3 is 0 Å².